The zero-order valence-electron chi connectivity index (χ0n) is 10.5. The van der Waals surface area contributed by atoms with E-state index in [4.69, 9.17) is 10.5 Å². The highest BCUT2D eigenvalue weighted by molar-refractivity contribution is 14.0. The first-order valence-electron chi connectivity index (χ1n) is 4.99. The Morgan fingerprint density at radius 3 is 2.82 bits per heavy atom. The Morgan fingerprint density at radius 1 is 1.65 bits per heavy atom. The molecule has 0 bridgehead atoms. The molecule has 0 saturated carbocycles. The van der Waals surface area contributed by atoms with Gasteiger partial charge in [-0.25, -0.2) is 9.98 Å². The van der Waals surface area contributed by atoms with Crippen molar-refractivity contribution in [2.24, 2.45) is 10.7 Å². The van der Waals surface area contributed by atoms with Gasteiger partial charge in [-0.3, -0.25) is 0 Å². The van der Waals surface area contributed by atoms with Crippen LogP contribution in [-0.4, -0.2) is 37.0 Å². The third kappa shape index (κ3) is 5.17. The Labute approximate surface area is 123 Å². The number of aromatic nitrogens is 1. The third-order valence-corrected chi connectivity index (χ3v) is 3.19. The molecule has 5 nitrogen and oxygen atoms in total. The number of aliphatic imine (C=N–C) groups is 1. The van der Waals surface area contributed by atoms with E-state index in [1.165, 1.54) is 0 Å². The number of guanidine groups is 1. The van der Waals surface area contributed by atoms with Crippen molar-refractivity contribution in [3.05, 3.63) is 16.1 Å². The Kier molecular flexibility index (Phi) is 7.64. The van der Waals surface area contributed by atoms with Crippen molar-refractivity contribution in [2.45, 2.75) is 19.6 Å². The quantitative estimate of drug-likeness (QED) is 0.499. The Morgan fingerprint density at radius 2 is 2.29 bits per heavy atom. The summed E-state index contributed by atoms with van der Waals surface area (Å²) in [4.78, 5) is 10.4. The minimum Gasteiger partial charge on any atom is -0.375 e. The molecule has 1 aromatic rings. The van der Waals surface area contributed by atoms with Gasteiger partial charge in [0.15, 0.2) is 5.96 Å². The fourth-order valence-corrected chi connectivity index (χ4v) is 1.83. The van der Waals surface area contributed by atoms with Crippen LogP contribution in [0.5, 0.6) is 0 Å². The average molecular weight is 370 g/mol. The highest BCUT2D eigenvalue weighted by Crippen LogP contribution is 2.20. The summed E-state index contributed by atoms with van der Waals surface area (Å²) in [5.74, 6) is 0.509. The molecule has 0 aliphatic heterocycles. The van der Waals surface area contributed by atoms with Crippen molar-refractivity contribution < 1.29 is 4.74 Å². The molecule has 1 unspecified atom stereocenters. The lowest BCUT2D eigenvalue weighted by molar-refractivity contribution is 0.119. The van der Waals surface area contributed by atoms with Gasteiger partial charge in [0.25, 0.3) is 0 Å². The van der Waals surface area contributed by atoms with Crippen molar-refractivity contribution in [3.8, 4) is 0 Å². The molecule has 0 aromatic carbocycles. The van der Waals surface area contributed by atoms with Crippen LogP contribution in [0.3, 0.4) is 0 Å². The van der Waals surface area contributed by atoms with Gasteiger partial charge >= 0.3 is 0 Å². The van der Waals surface area contributed by atoms with E-state index < -0.39 is 0 Å². The Bertz CT molecular complexity index is 367. The molecule has 1 heterocycles. The van der Waals surface area contributed by atoms with Gasteiger partial charge in [-0.2, -0.15) is 0 Å². The number of hydrogen-bond acceptors (Lipinski definition) is 4. The van der Waals surface area contributed by atoms with Crippen LogP contribution in [0.1, 0.15) is 23.7 Å². The minimum atomic E-state index is 0. The van der Waals surface area contributed by atoms with E-state index in [1.54, 1.807) is 23.3 Å². The van der Waals surface area contributed by atoms with Gasteiger partial charge in [-0.1, -0.05) is 0 Å². The number of rotatable bonds is 4. The van der Waals surface area contributed by atoms with Crippen molar-refractivity contribution in [2.75, 3.05) is 21.2 Å². The molecule has 0 fully saturated rings. The third-order valence-electron chi connectivity index (χ3n) is 2.13. The van der Waals surface area contributed by atoms with Crippen molar-refractivity contribution >= 4 is 41.3 Å². The highest BCUT2D eigenvalue weighted by atomic mass is 127. The molecule has 0 radical (unpaired) electrons. The van der Waals surface area contributed by atoms with E-state index in [0.29, 0.717) is 12.5 Å². The number of thiazole rings is 1. The zero-order chi connectivity index (χ0) is 12.1. The summed E-state index contributed by atoms with van der Waals surface area (Å²) in [5.41, 5.74) is 6.61. The molecule has 1 atom stereocenters. The smallest absolute Gasteiger partial charge is 0.191 e. The molecule has 0 amide bonds. The summed E-state index contributed by atoms with van der Waals surface area (Å²) in [6.45, 7) is 2.48. The van der Waals surface area contributed by atoms with E-state index in [0.717, 1.165) is 10.7 Å². The fraction of sp³-hybridized carbons (Fsp3) is 0.600. The molecule has 98 valence electrons. The molecule has 0 aliphatic rings. The van der Waals surface area contributed by atoms with Crippen LogP contribution < -0.4 is 5.73 Å². The van der Waals surface area contributed by atoms with E-state index in [-0.39, 0.29) is 30.1 Å². The maximum atomic E-state index is 5.68. The summed E-state index contributed by atoms with van der Waals surface area (Å²) in [6.07, 6.45) is 0.0360. The average Bonchev–Trinajstić information content (AvgIpc) is 2.73. The standard InChI is InChI=1S/C10H18N4OS.HI/c1-7(15-4)9-13-8(6-16-9)5-12-10(11)14(2)3;/h6-7H,5H2,1-4H3,(H2,11,12);1H. The van der Waals surface area contributed by atoms with Gasteiger partial charge in [0.1, 0.15) is 11.1 Å². The minimum absolute atomic E-state index is 0. The maximum absolute atomic E-state index is 5.68. The number of methoxy groups -OCH3 is 1. The van der Waals surface area contributed by atoms with Crippen LogP contribution in [0.25, 0.3) is 0 Å². The summed E-state index contributed by atoms with van der Waals surface area (Å²) < 4.78 is 5.19. The van der Waals surface area contributed by atoms with Crippen molar-refractivity contribution in [1.82, 2.24) is 9.88 Å². The van der Waals surface area contributed by atoms with Gasteiger partial charge in [0, 0.05) is 26.6 Å². The SMILES string of the molecule is COC(C)c1nc(CN=C(N)N(C)C)cs1.I. The second kappa shape index (κ2) is 7.83. The normalized spacial score (nSPS) is 13.1. The monoisotopic (exact) mass is 370 g/mol. The Balaban J connectivity index is 0.00000256. The maximum Gasteiger partial charge on any atom is 0.191 e. The largest absolute Gasteiger partial charge is 0.375 e. The van der Waals surface area contributed by atoms with Crippen molar-refractivity contribution in [3.63, 3.8) is 0 Å². The molecule has 7 heteroatoms. The first-order valence-corrected chi connectivity index (χ1v) is 5.87. The zero-order valence-corrected chi connectivity index (χ0v) is 13.7. The molecular weight excluding hydrogens is 351 g/mol. The molecule has 0 spiro atoms. The van der Waals surface area contributed by atoms with Crippen LogP contribution in [-0.2, 0) is 11.3 Å². The molecule has 17 heavy (non-hydrogen) atoms. The number of nitrogens with zero attached hydrogens (tertiary/aromatic N) is 3. The molecule has 0 aliphatic carbocycles. The first-order chi connectivity index (χ1) is 7.54. The summed E-state index contributed by atoms with van der Waals surface area (Å²) in [6, 6.07) is 0. The van der Waals surface area contributed by atoms with Crippen LogP contribution >= 0.6 is 35.3 Å². The van der Waals surface area contributed by atoms with Crippen LogP contribution in [0.4, 0.5) is 0 Å². The number of ether oxygens (including phenoxy) is 1. The second-order valence-electron chi connectivity index (χ2n) is 3.62. The summed E-state index contributed by atoms with van der Waals surface area (Å²) >= 11 is 1.58. The lowest BCUT2D eigenvalue weighted by atomic mass is 10.4. The molecule has 1 rings (SSSR count). The van der Waals surface area contributed by atoms with E-state index in [9.17, 15) is 0 Å². The molecule has 1 aromatic heterocycles. The van der Waals surface area contributed by atoms with Gasteiger partial charge < -0.3 is 15.4 Å². The van der Waals surface area contributed by atoms with E-state index >= 15 is 0 Å². The number of hydrogen-bond donors (Lipinski definition) is 1. The topological polar surface area (TPSA) is 63.7 Å². The van der Waals surface area contributed by atoms with E-state index in [1.807, 2.05) is 26.4 Å². The predicted molar refractivity (Wildman–Crippen MR) is 82.0 cm³/mol. The molecule has 0 saturated heterocycles. The van der Waals surface area contributed by atoms with Gasteiger partial charge in [-0.05, 0) is 6.92 Å². The van der Waals surface area contributed by atoms with Gasteiger partial charge in [-0.15, -0.1) is 35.3 Å². The van der Waals surface area contributed by atoms with Crippen LogP contribution in [0.15, 0.2) is 10.4 Å². The van der Waals surface area contributed by atoms with Crippen LogP contribution in [0, 0.1) is 0 Å². The Hall–Kier alpha value is -0.410. The lowest BCUT2D eigenvalue weighted by Gasteiger charge is -2.09. The van der Waals surface area contributed by atoms with Gasteiger partial charge in [0.05, 0.1) is 12.2 Å². The van der Waals surface area contributed by atoms with Crippen molar-refractivity contribution in [1.29, 1.82) is 0 Å². The highest BCUT2D eigenvalue weighted by Gasteiger charge is 2.08. The number of halogens is 1. The fourth-order valence-electron chi connectivity index (χ4n) is 0.986. The van der Waals surface area contributed by atoms with Gasteiger partial charge in [0.2, 0.25) is 0 Å². The predicted octanol–water partition coefficient (Wildman–Crippen LogP) is 1.84. The lowest BCUT2D eigenvalue weighted by Crippen LogP contribution is -2.30. The molecular formula is C10H19IN4OS. The van der Waals surface area contributed by atoms with E-state index in [2.05, 4.69) is 9.98 Å². The molecule has 2 N–H and O–H groups in total. The summed E-state index contributed by atoms with van der Waals surface area (Å²) in [5, 5.41) is 2.95. The second-order valence-corrected chi connectivity index (χ2v) is 4.51. The van der Waals surface area contributed by atoms with Crippen LogP contribution in [0.2, 0.25) is 0 Å². The number of nitrogens with two attached hydrogens (primary N) is 1. The summed E-state index contributed by atoms with van der Waals surface area (Å²) in [7, 11) is 5.39. The first kappa shape index (κ1) is 16.6.